The third kappa shape index (κ3) is 2.49. The first kappa shape index (κ1) is 13.3. The quantitative estimate of drug-likeness (QED) is 0.892. The Morgan fingerprint density at radius 2 is 2.11 bits per heavy atom. The lowest BCUT2D eigenvalue weighted by atomic mass is 9.91. The van der Waals surface area contributed by atoms with Gasteiger partial charge in [-0.05, 0) is 19.2 Å². The van der Waals surface area contributed by atoms with Crippen LogP contribution in [0, 0.1) is 11.7 Å². The van der Waals surface area contributed by atoms with E-state index in [0.29, 0.717) is 12.4 Å². The average molecular weight is 252 g/mol. The highest BCUT2D eigenvalue weighted by atomic mass is 19.1. The van der Waals surface area contributed by atoms with Crippen LogP contribution in [0.15, 0.2) is 18.2 Å². The van der Waals surface area contributed by atoms with Crippen LogP contribution in [0.1, 0.15) is 25.5 Å². The van der Waals surface area contributed by atoms with Crippen molar-refractivity contribution in [2.45, 2.75) is 19.9 Å². The minimum atomic E-state index is -0.316. The summed E-state index contributed by atoms with van der Waals surface area (Å²) in [5.74, 6) is 0.240. The van der Waals surface area contributed by atoms with Gasteiger partial charge in [-0.3, -0.25) is 0 Å². The summed E-state index contributed by atoms with van der Waals surface area (Å²) in [6.45, 7) is 7.64. The standard InChI is InChI=1S/C14H21FN2O/c1-3-17(4-2)8-10-9-18-14-11(13(10)16)6-5-7-12(14)15/h5-7,10,13H,3-4,8-9,16H2,1-2H3. The van der Waals surface area contributed by atoms with Crippen LogP contribution in [0.3, 0.4) is 0 Å². The van der Waals surface area contributed by atoms with Gasteiger partial charge in [0.1, 0.15) is 0 Å². The van der Waals surface area contributed by atoms with Gasteiger partial charge in [-0.2, -0.15) is 0 Å². The summed E-state index contributed by atoms with van der Waals surface area (Å²) in [6.07, 6.45) is 0. The zero-order valence-corrected chi connectivity index (χ0v) is 11.0. The molecule has 0 aliphatic carbocycles. The molecule has 2 atom stereocenters. The Morgan fingerprint density at radius 1 is 1.39 bits per heavy atom. The van der Waals surface area contributed by atoms with Crippen LogP contribution in [0.5, 0.6) is 5.75 Å². The number of nitrogens with zero attached hydrogens (tertiary/aromatic N) is 1. The highest BCUT2D eigenvalue weighted by Crippen LogP contribution is 2.35. The van der Waals surface area contributed by atoms with Gasteiger partial charge in [0.05, 0.1) is 6.61 Å². The van der Waals surface area contributed by atoms with Crippen LogP contribution in [-0.4, -0.2) is 31.1 Å². The van der Waals surface area contributed by atoms with Crippen molar-refractivity contribution in [3.63, 3.8) is 0 Å². The maximum atomic E-state index is 13.6. The Balaban J connectivity index is 2.15. The molecular weight excluding hydrogens is 231 g/mol. The van der Waals surface area contributed by atoms with Gasteiger partial charge >= 0.3 is 0 Å². The summed E-state index contributed by atoms with van der Waals surface area (Å²) in [5, 5.41) is 0. The second-order valence-electron chi connectivity index (χ2n) is 4.74. The maximum Gasteiger partial charge on any atom is 0.165 e. The summed E-state index contributed by atoms with van der Waals surface area (Å²) >= 11 is 0. The molecular formula is C14H21FN2O. The van der Waals surface area contributed by atoms with Gasteiger partial charge in [0, 0.05) is 24.1 Å². The second-order valence-corrected chi connectivity index (χ2v) is 4.74. The Hall–Kier alpha value is -1.13. The molecule has 0 saturated carbocycles. The molecule has 0 radical (unpaired) electrons. The Morgan fingerprint density at radius 3 is 2.78 bits per heavy atom. The molecule has 1 aliphatic rings. The molecule has 0 bridgehead atoms. The van der Waals surface area contributed by atoms with Crippen molar-refractivity contribution >= 4 is 0 Å². The summed E-state index contributed by atoms with van der Waals surface area (Å²) in [4.78, 5) is 2.32. The lowest BCUT2D eigenvalue weighted by Gasteiger charge is -2.34. The Labute approximate surface area is 108 Å². The smallest absolute Gasteiger partial charge is 0.165 e. The van der Waals surface area contributed by atoms with Crippen molar-refractivity contribution in [1.29, 1.82) is 0 Å². The lowest BCUT2D eigenvalue weighted by Crippen LogP contribution is -2.40. The lowest BCUT2D eigenvalue weighted by molar-refractivity contribution is 0.140. The minimum absolute atomic E-state index is 0.148. The average Bonchev–Trinajstić information content (AvgIpc) is 2.39. The van der Waals surface area contributed by atoms with Gasteiger partial charge in [0.15, 0.2) is 11.6 Å². The minimum Gasteiger partial charge on any atom is -0.490 e. The summed E-state index contributed by atoms with van der Waals surface area (Å²) in [7, 11) is 0. The molecule has 1 heterocycles. The molecule has 2 unspecified atom stereocenters. The predicted octanol–water partition coefficient (Wildman–Crippen LogP) is 2.18. The topological polar surface area (TPSA) is 38.5 Å². The molecule has 100 valence electrons. The predicted molar refractivity (Wildman–Crippen MR) is 70.1 cm³/mol. The molecule has 0 saturated heterocycles. The van der Waals surface area contributed by atoms with Crippen molar-refractivity contribution < 1.29 is 9.13 Å². The molecule has 2 N–H and O–H groups in total. The zero-order valence-electron chi connectivity index (χ0n) is 11.0. The van der Waals surface area contributed by atoms with Crippen LogP contribution < -0.4 is 10.5 Å². The van der Waals surface area contributed by atoms with Gasteiger partial charge < -0.3 is 15.4 Å². The fraction of sp³-hybridized carbons (Fsp3) is 0.571. The number of rotatable bonds is 4. The van der Waals surface area contributed by atoms with E-state index < -0.39 is 0 Å². The van der Waals surface area contributed by atoms with E-state index in [1.165, 1.54) is 6.07 Å². The first-order valence-corrected chi connectivity index (χ1v) is 6.56. The molecule has 3 nitrogen and oxygen atoms in total. The van der Waals surface area contributed by atoms with Gasteiger partial charge in [0.25, 0.3) is 0 Å². The van der Waals surface area contributed by atoms with E-state index in [4.69, 9.17) is 10.5 Å². The van der Waals surface area contributed by atoms with Crippen LogP contribution in [0.4, 0.5) is 4.39 Å². The third-order valence-corrected chi connectivity index (χ3v) is 3.69. The molecule has 0 spiro atoms. The molecule has 0 amide bonds. The number of benzene rings is 1. The molecule has 18 heavy (non-hydrogen) atoms. The van der Waals surface area contributed by atoms with Gasteiger partial charge in [-0.1, -0.05) is 26.0 Å². The Kier molecular flexibility index (Phi) is 4.19. The first-order chi connectivity index (χ1) is 8.67. The van der Waals surface area contributed by atoms with E-state index in [1.54, 1.807) is 6.07 Å². The summed E-state index contributed by atoms with van der Waals surface area (Å²) < 4.78 is 19.1. The van der Waals surface area contributed by atoms with Crippen molar-refractivity contribution in [2.75, 3.05) is 26.2 Å². The number of fused-ring (bicyclic) bond motifs is 1. The van der Waals surface area contributed by atoms with Gasteiger partial charge in [-0.15, -0.1) is 0 Å². The number of ether oxygens (including phenoxy) is 1. The van der Waals surface area contributed by atoms with Crippen molar-refractivity contribution in [2.24, 2.45) is 11.7 Å². The van der Waals surface area contributed by atoms with Gasteiger partial charge in [0.2, 0.25) is 0 Å². The number of hydrogen-bond donors (Lipinski definition) is 1. The van der Waals surface area contributed by atoms with Crippen LogP contribution >= 0.6 is 0 Å². The van der Waals surface area contributed by atoms with Crippen molar-refractivity contribution in [1.82, 2.24) is 4.90 Å². The van der Waals surface area contributed by atoms with Gasteiger partial charge in [-0.25, -0.2) is 4.39 Å². The van der Waals surface area contributed by atoms with Crippen LogP contribution in [0.2, 0.25) is 0 Å². The van der Waals surface area contributed by atoms with Crippen LogP contribution in [-0.2, 0) is 0 Å². The molecule has 2 rings (SSSR count). The number of nitrogens with two attached hydrogens (primary N) is 1. The maximum absolute atomic E-state index is 13.6. The van der Waals surface area contributed by atoms with Crippen molar-refractivity contribution in [3.05, 3.63) is 29.6 Å². The third-order valence-electron chi connectivity index (χ3n) is 3.69. The van der Waals surface area contributed by atoms with E-state index in [-0.39, 0.29) is 17.8 Å². The molecule has 0 fully saturated rings. The van der Waals surface area contributed by atoms with Crippen LogP contribution in [0.25, 0.3) is 0 Å². The normalized spacial score (nSPS) is 22.7. The fourth-order valence-electron chi connectivity index (χ4n) is 2.47. The van der Waals surface area contributed by atoms with Crippen molar-refractivity contribution in [3.8, 4) is 5.75 Å². The monoisotopic (exact) mass is 252 g/mol. The molecule has 1 aromatic carbocycles. The molecule has 0 aromatic heterocycles. The SMILES string of the molecule is CCN(CC)CC1COc2c(F)cccc2C1N. The number of hydrogen-bond acceptors (Lipinski definition) is 3. The van der Waals surface area contributed by atoms with E-state index in [0.717, 1.165) is 25.2 Å². The molecule has 1 aliphatic heterocycles. The summed E-state index contributed by atoms with van der Waals surface area (Å²) in [5.41, 5.74) is 7.03. The number of para-hydroxylation sites is 1. The molecule has 4 heteroatoms. The first-order valence-electron chi connectivity index (χ1n) is 6.56. The second kappa shape index (κ2) is 5.67. The number of halogens is 1. The van der Waals surface area contributed by atoms with E-state index >= 15 is 0 Å². The fourth-order valence-corrected chi connectivity index (χ4v) is 2.47. The molecule has 1 aromatic rings. The highest BCUT2D eigenvalue weighted by Gasteiger charge is 2.30. The van der Waals surface area contributed by atoms with E-state index in [1.807, 2.05) is 6.07 Å². The van der Waals surface area contributed by atoms with E-state index in [9.17, 15) is 4.39 Å². The zero-order chi connectivity index (χ0) is 13.1. The summed E-state index contributed by atoms with van der Waals surface area (Å²) in [6, 6.07) is 4.82. The largest absolute Gasteiger partial charge is 0.490 e. The highest BCUT2D eigenvalue weighted by molar-refractivity contribution is 5.39. The Bertz CT molecular complexity index is 407. The van der Waals surface area contributed by atoms with E-state index in [2.05, 4.69) is 18.7 Å².